The SMILES string of the molecule is O=C(Nc1cccc(OC(F)F)c1)N1CCN(c2ccc(N3CCCCC3)nn2)CC1. The van der Waals surface area contributed by atoms with E-state index in [-0.39, 0.29) is 11.8 Å². The van der Waals surface area contributed by atoms with Crippen molar-refractivity contribution in [2.24, 2.45) is 0 Å². The van der Waals surface area contributed by atoms with E-state index in [2.05, 4.69) is 30.1 Å². The summed E-state index contributed by atoms with van der Waals surface area (Å²) in [5, 5.41) is 11.5. The number of nitrogens with one attached hydrogen (secondary N) is 1. The van der Waals surface area contributed by atoms with Crippen molar-refractivity contribution in [3.63, 3.8) is 0 Å². The summed E-state index contributed by atoms with van der Waals surface area (Å²) >= 11 is 0. The van der Waals surface area contributed by atoms with Crippen LogP contribution in [-0.4, -0.2) is 67.0 Å². The summed E-state index contributed by atoms with van der Waals surface area (Å²) in [5.74, 6) is 1.72. The number of urea groups is 1. The molecule has 0 aliphatic carbocycles. The predicted molar refractivity (Wildman–Crippen MR) is 114 cm³/mol. The van der Waals surface area contributed by atoms with Crippen LogP contribution >= 0.6 is 0 Å². The molecule has 166 valence electrons. The number of anilines is 3. The zero-order valence-corrected chi connectivity index (χ0v) is 17.2. The van der Waals surface area contributed by atoms with Crippen molar-refractivity contribution in [1.29, 1.82) is 0 Å². The van der Waals surface area contributed by atoms with E-state index >= 15 is 0 Å². The van der Waals surface area contributed by atoms with Gasteiger partial charge in [-0.1, -0.05) is 6.07 Å². The Bertz CT molecular complexity index is 868. The first-order chi connectivity index (χ1) is 15.1. The molecule has 2 amide bonds. The number of alkyl halides is 2. The third-order valence-corrected chi connectivity index (χ3v) is 5.52. The fourth-order valence-corrected chi connectivity index (χ4v) is 3.87. The molecule has 2 aliphatic heterocycles. The molecule has 31 heavy (non-hydrogen) atoms. The van der Waals surface area contributed by atoms with Crippen LogP contribution in [0.1, 0.15) is 19.3 Å². The van der Waals surface area contributed by atoms with Gasteiger partial charge in [0.15, 0.2) is 11.6 Å². The monoisotopic (exact) mass is 432 g/mol. The van der Waals surface area contributed by atoms with Gasteiger partial charge in [0.05, 0.1) is 0 Å². The molecule has 3 heterocycles. The first kappa shape index (κ1) is 21.1. The highest BCUT2D eigenvalue weighted by molar-refractivity contribution is 5.89. The van der Waals surface area contributed by atoms with Crippen LogP contribution in [0.5, 0.6) is 5.75 Å². The maximum Gasteiger partial charge on any atom is 0.387 e. The van der Waals surface area contributed by atoms with Crippen molar-refractivity contribution in [3.05, 3.63) is 36.4 Å². The Morgan fingerprint density at radius 2 is 1.55 bits per heavy atom. The van der Waals surface area contributed by atoms with Gasteiger partial charge in [0.1, 0.15) is 5.75 Å². The van der Waals surface area contributed by atoms with E-state index in [0.29, 0.717) is 31.9 Å². The number of hydrogen-bond acceptors (Lipinski definition) is 6. The number of piperazine rings is 1. The molecule has 0 radical (unpaired) electrons. The van der Waals surface area contributed by atoms with Crippen LogP contribution in [0, 0.1) is 0 Å². The third kappa shape index (κ3) is 5.50. The van der Waals surface area contributed by atoms with Crippen LogP contribution in [0.4, 0.5) is 30.9 Å². The number of amides is 2. The zero-order valence-electron chi connectivity index (χ0n) is 17.2. The number of carbonyl (C=O) groups excluding carboxylic acids is 1. The summed E-state index contributed by atoms with van der Waals surface area (Å²) < 4.78 is 29.1. The Hall–Kier alpha value is -3.17. The van der Waals surface area contributed by atoms with Gasteiger partial charge >= 0.3 is 12.6 Å². The summed E-state index contributed by atoms with van der Waals surface area (Å²) in [4.78, 5) is 18.6. The topological polar surface area (TPSA) is 73.8 Å². The second-order valence-corrected chi connectivity index (χ2v) is 7.61. The molecule has 4 rings (SSSR count). The van der Waals surface area contributed by atoms with Crippen LogP contribution in [0.15, 0.2) is 36.4 Å². The number of halogens is 2. The van der Waals surface area contributed by atoms with Crippen LogP contribution in [0.25, 0.3) is 0 Å². The molecule has 1 aromatic carbocycles. The van der Waals surface area contributed by atoms with Gasteiger partial charge in [0.25, 0.3) is 0 Å². The molecular formula is C21H26F2N6O2. The Kier molecular flexibility index (Phi) is 6.63. The zero-order chi connectivity index (χ0) is 21.6. The number of hydrogen-bond donors (Lipinski definition) is 1. The highest BCUT2D eigenvalue weighted by Crippen LogP contribution is 2.21. The molecule has 2 aliphatic rings. The minimum Gasteiger partial charge on any atom is -0.435 e. The van der Waals surface area contributed by atoms with E-state index in [1.54, 1.807) is 17.0 Å². The summed E-state index contributed by atoms with van der Waals surface area (Å²) in [6.45, 7) is 1.47. The quantitative estimate of drug-likeness (QED) is 0.781. The molecule has 0 unspecified atom stereocenters. The van der Waals surface area contributed by atoms with Gasteiger partial charge in [0, 0.05) is 51.0 Å². The van der Waals surface area contributed by atoms with Gasteiger partial charge in [-0.05, 0) is 43.5 Å². The van der Waals surface area contributed by atoms with Crippen molar-refractivity contribution in [2.75, 3.05) is 54.4 Å². The van der Waals surface area contributed by atoms with E-state index in [9.17, 15) is 13.6 Å². The molecule has 0 saturated carbocycles. The number of carbonyl (C=O) groups is 1. The molecule has 0 spiro atoms. The molecule has 2 saturated heterocycles. The van der Waals surface area contributed by atoms with Crippen LogP contribution in [0.2, 0.25) is 0 Å². The van der Waals surface area contributed by atoms with Crippen LogP contribution in [0.3, 0.4) is 0 Å². The summed E-state index contributed by atoms with van der Waals surface area (Å²) in [6.07, 6.45) is 3.66. The number of ether oxygens (including phenoxy) is 1. The molecule has 0 bridgehead atoms. The normalized spacial score (nSPS) is 17.1. The van der Waals surface area contributed by atoms with E-state index in [0.717, 1.165) is 24.7 Å². The van der Waals surface area contributed by atoms with E-state index in [1.807, 2.05) is 12.1 Å². The lowest BCUT2D eigenvalue weighted by Gasteiger charge is -2.35. The average molecular weight is 432 g/mol. The fourth-order valence-electron chi connectivity index (χ4n) is 3.87. The summed E-state index contributed by atoms with van der Waals surface area (Å²) in [7, 11) is 0. The molecular weight excluding hydrogens is 406 g/mol. The number of nitrogens with zero attached hydrogens (tertiary/aromatic N) is 5. The van der Waals surface area contributed by atoms with Crippen molar-refractivity contribution in [3.8, 4) is 5.75 Å². The minimum absolute atomic E-state index is 0.00388. The Labute approximate surface area is 179 Å². The Morgan fingerprint density at radius 1 is 0.903 bits per heavy atom. The van der Waals surface area contributed by atoms with Crippen molar-refractivity contribution in [2.45, 2.75) is 25.9 Å². The minimum atomic E-state index is -2.91. The lowest BCUT2D eigenvalue weighted by molar-refractivity contribution is -0.0498. The summed E-state index contributed by atoms with van der Waals surface area (Å²) in [6, 6.07) is 9.70. The molecule has 8 nitrogen and oxygen atoms in total. The maximum atomic E-state index is 12.5. The lowest BCUT2D eigenvalue weighted by atomic mass is 10.1. The second kappa shape index (κ2) is 9.76. The predicted octanol–water partition coefficient (Wildman–Crippen LogP) is 3.42. The first-order valence-corrected chi connectivity index (χ1v) is 10.5. The Balaban J connectivity index is 1.28. The highest BCUT2D eigenvalue weighted by atomic mass is 19.3. The standard InChI is InChI=1S/C21H26F2N6O2/c22-20(23)31-17-6-4-5-16(15-17)24-21(30)29-13-11-28(12-14-29)19-8-7-18(25-26-19)27-9-2-1-3-10-27/h4-8,15,20H,1-3,9-14H2,(H,24,30). The Morgan fingerprint density at radius 3 is 2.16 bits per heavy atom. The fraction of sp³-hybridized carbons (Fsp3) is 0.476. The first-order valence-electron chi connectivity index (χ1n) is 10.5. The number of rotatable bonds is 5. The number of piperidine rings is 1. The van der Waals surface area contributed by atoms with Gasteiger partial charge in [-0.15, -0.1) is 10.2 Å². The second-order valence-electron chi connectivity index (χ2n) is 7.61. The van der Waals surface area contributed by atoms with E-state index < -0.39 is 6.61 Å². The number of benzene rings is 1. The molecule has 2 aromatic rings. The third-order valence-electron chi connectivity index (χ3n) is 5.52. The smallest absolute Gasteiger partial charge is 0.387 e. The van der Waals surface area contributed by atoms with Gasteiger partial charge in [-0.25, -0.2) is 4.79 Å². The molecule has 0 atom stereocenters. The molecule has 1 aromatic heterocycles. The molecule has 10 heteroatoms. The van der Waals surface area contributed by atoms with Crippen LogP contribution in [-0.2, 0) is 0 Å². The van der Waals surface area contributed by atoms with Gasteiger partial charge in [-0.3, -0.25) is 0 Å². The lowest BCUT2D eigenvalue weighted by Crippen LogP contribution is -2.50. The van der Waals surface area contributed by atoms with E-state index in [1.165, 1.54) is 31.4 Å². The van der Waals surface area contributed by atoms with Crippen LogP contribution < -0.4 is 19.9 Å². The molecule has 2 fully saturated rings. The highest BCUT2D eigenvalue weighted by Gasteiger charge is 2.23. The number of aromatic nitrogens is 2. The summed E-state index contributed by atoms with van der Waals surface area (Å²) in [5.41, 5.74) is 0.407. The van der Waals surface area contributed by atoms with Crippen molar-refractivity contribution in [1.82, 2.24) is 15.1 Å². The average Bonchev–Trinajstić information content (AvgIpc) is 2.80. The van der Waals surface area contributed by atoms with E-state index in [4.69, 9.17) is 0 Å². The van der Waals surface area contributed by atoms with Gasteiger partial charge in [0.2, 0.25) is 0 Å². The van der Waals surface area contributed by atoms with Crippen molar-refractivity contribution < 1.29 is 18.3 Å². The van der Waals surface area contributed by atoms with Gasteiger partial charge in [-0.2, -0.15) is 8.78 Å². The largest absolute Gasteiger partial charge is 0.435 e. The van der Waals surface area contributed by atoms with Crippen molar-refractivity contribution >= 4 is 23.4 Å². The molecule has 1 N–H and O–H groups in total. The maximum absolute atomic E-state index is 12.5. The van der Waals surface area contributed by atoms with Gasteiger partial charge < -0.3 is 24.8 Å².